The first-order valence-electron chi connectivity index (χ1n) is 6.50. The van der Waals surface area contributed by atoms with Gasteiger partial charge in [0.1, 0.15) is 5.75 Å². The third kappa shape index (κ3) is 4.48. The third-order valence-corrected chi connectivity index (χ3v) is 3.66. The van der Waals surface area contributed by atoms with Gasteiger partial charge in [0.15, 0.2) is 5.16 Å². The van der Waals surface area contributed by atoms with Gasteiger partial charge in [-0.1, -0.05) is 29.7 Å². The van der Waals surface area contributed by atoms with Crippen LogP contribution in [0.5, 0.6) is 5.75 Å². The van der Waals surface area contributed by atoms with Crippen molar-refractivity contribution in [1.82, 2.24) is 9.97 Å². The second-order valence-corrected chi connectivity index (χ2v) is 5.31. The topological polar surface area (TPSA) is 61.0 Å². The van der Waals surface area contributed by atoms with Crippen molar-refractivity contribution in [3.63, 3.8) is 0 Å². The van der Waals surface area contributed by atoms with Gasteiger partial charge in [0.2, 0.25) is 0 Å². The van der Waals surface area contributed by atoms with E-state index < -0.39 is 0 Å². The van der Waals surface area contributed by atoms with Crippen molar-refractivity contribution in [2.75, 3.05) is 13.7 Å². The highest BCUT2D eigenvalue weighted by Crippen LogP contribution is 2.24. The SMILES string of the molecule is COc1ccc(CSc2ncc(C)cn2)cc1C#CCN. The molecule has 4 nitrogen and oxygen atoms in total. The van der Waals surface area contributed by atoms with Gasteiger partial charge in [0.25, 0.3) is 0 Å². The maximum Gasteiger partial charge on any atom is 0.187 e. The average Bonchev–Trinajstić information content (AvgIpc) is 2.52. The van der Waals surface area contributed by atoms with Crippen LogP contribution in [0.3, 0.4) is 0 Å². The first-order chi connectivity index (χ1) is 10.2. The first-order valence-corrected chi connectivity index (χ1v) is 7.49. The van der Waals surface area contributed by atoms with Crippen molar-refractivity contribution < 1.29 is 4.74 Å². The van der Waals surface area contributed by atoms with E-state index in [9.17, 15) is 0 Å². The summed E-state index contributed by atoms with van der Waals surface area (Å²) in [6.07, 6.45) is 3.64. The predicted molar refractivity (Wildman–Crippen MR) is 85.3 cm³/mol. The molecule has 0 saturated heterocycles. The molecule has 0 saturated carbocycles. The Morgan fingerprint density at radius 1 is 1.29 bits per heavy atom. The molecule has 0 spiro atoms. The maximum atomic E-state index is 5.42. The zero-order valence-corrected chi connectivity index (χ0v) is 12.9. The minimum absolute atomic E-state index is 0.333. The van der Waals surface area contributed by atoms with Gasteiger partial charge in [-0.25, -0.2) is 9.97 Å². The lowest BCUT2D eigenvalue weighted by Gasteiger charge is -2.06. The molecule has 0 aliphatic rings. The van der Waals surface area contributed by atoms with Gasteiger partial charge >= 0.3 is 0 Å². The highest BCUT2D eigenvalue weighted by Gasteiger charge is 2.04. The van der Waals surface area contributed by atoms with Crippen LogP contribution >= 0.6 is 11.8 Å². The van der Waals surface area contributed by atoms with E-state index in [1.807, 2.05) is 37.5 Å². The summed E-state index contributed by atoms with van der Waals surface area (Å²) < 4.78 is 5.30. The Hall–Kier alpha value is -2.03. The normalized spacial score (nSPS) is 9.86. The number of thioether (sulfide) groups is 1. The summed E-state index contributed by atoms with van der Waals surface area (Å²) in [7, 11) is 1.64. The van der Waals surface area contributed by atoms with Crippen LogP contribution in [-0.4, -0.2) is 23.6 Å². The fourth-order valence-electron chi connectivity index (χ4n) is 1.69. The second-order valence-electron chi connectivity index (χ2n) is 4.37. The van der Waals surface area contributed by atoms with E-state index in [-0.39, 0.29) is 0 Å². The Labute approximate surface area is 129 Å². The predicted octanol–water partition coefficient (Wildman–Crippen LogP) is 2.40. The molecule has 0 bridgehead atoms. The molecule has 0 aliphatic carbocycles. The lowest BCUT2D eigenvalue weighted by molar-refractivity contribution is 0.413. The molecule has 0 aliphatic heterocycles. The molecule has 0 amide bonds. The van der Waals surface area contributed by atoms with E-state index in [1.165, 1.54) is 0 Å². The largest absolute Gasteiger partial charge is 0.495 e. The van der Waals surface area contributed by atoms with E-state index in [2.05, 4.69) is 21.8 Å². The number of benzene rings is 1. The zero-order chi connectivity index (χ0) is 15.1. The number of nitrogens with two attached hydrogens (primary N) is 1. The maximum absolute atomic E-state index is 5.42. The minimum Gasteiger partial charge on any atom is -0.495 e. The number of methoxy groups -OCH3 is 1. The van der Waals surface area contributed by atoms with Gasteiger partial charge < -0.3 is 10.5 Å². The van der Waals surface area contributed by atoms with E-state index in [4.69, 9.17) is 10.5 Å². The summed E-state index contributed by atoms with van der Waals surface area (Å²) >= 11 is 1.59. The average molecular weight is 299 g/mol. The van der Waals surface area contributed by atoms with E-state index in [0.717, 1.165) is 33.3 Å². The number of ether oxygens (including phenoxy) is 1. The Morgan fingerprint density at radius 2 is 2.05 bits per heavy atom. The third-order valence-electron chi connectivity index (χ3n) is 2.71. The Bertz CT molecular complexity index is 659. The fourth-order valence-corrected chi connectivity index (χ4v) is 2.42. The first kappa shape index (κ1) is 15.4. The highest BCUT2D eigenvalue weighted by molar-refractivity contribution is 7.98. The van der Waals surface area contributed by atoms with Crippen molar-refractivity contribution in [3.05, 3.63) is 47.3 Å². The molecule has 108 valence electrons. The summed E-state index contributed by atoms with van der Waals surface area (Å²) in [5.74, 6) is 7.42. The van der Waals surface area contributed by atoms with Gasteiger partial charge in [-0.3, -0.25) is 0 Å². The summed E-state index contributed by atoms with van der Waals surface area (Å²) in [6.45, 7) is 2.31. The van der Waals surface area contributed by atoms with Crippen LogP contribution < -0.4 is 10.5 Å². The molecule has 0 atom stereocenters. The van der Waals surface area contributed by atoms with E-state index in [0.29, 0.717) is 6.54 Å². The fraction of sp³-hybridized carbons (Fsp3) is 0.250. The summed E-state index contributed by atoms with van der Waals surface area (Å²) in [6, 6.07) is 5.96. The van der Waals surface area contributed by atoms with Crippen molar-refractivity contribution >= 4 is 11.8 Å². The summed E-state index contributed by atoms with van der Waals surface area (Å²) in [5, 5.41) is 0.769. The lowest BCUT2D eigenvalue weighted by atomic mass is 10.1. The van der Waals surface area contributed by atoms with Gasteiger partial charge in [0.05, 0.1) is 19.2 Å². The molecule has 5 heteroatoms. The molecule has 1 aromatic heterocycles. The Balaban J connectivity index is 2.11. The monoisotopic (exact) mass is 299 g/mol. The van der Waals surface area contributed by atoms with E-state index in [1.54, 1.807) is 18.9 Å². The molecule has 1 aromatic carbocycles. The molecule has 1 heterocycles. The molecular weight excluding hydrogens is 282 g/mol. The molecule has 0 radical (unpaired) electrons. The molecular formula is C16H17N3OS. The molecule has 21 heavy (non-hydrogen) atoms. The quantitative estimate of drug-likeness (QED) is 0.533. The van der Waals surface area contributed by atoms with Crippen LogP contribution in [0.15, 0.2) is 35.7 Å². The van der Waals surface area contributed by atoms with Crippen molar-refractivity contribution in [3.8, 4) is 17.6 Å². The standard InChI is InChI=1S/C16H17N3OS/c1-12-9-18-16(19-10-12)21-11-13-5-6-15(20-2)14(8-13)4-3-7-17/h5-6,8-10H,7,11,17H2,1-2H3. The number of aromatic nitrogens is 2. The zero-order valence-electron chi connectivity index (χ0n) is 12.1. The number of hydrogen-bond donors (Lipinski definition) is 1. The van der Waals surface area contributed by atoms with Gasteiger partial charge in [0, 0.05) is 18.1 Å². The summed E-state index contributed by atoms with van der Waals surface area (Å²) in [5.41, 5.74) is 8.47. The van der Waals surface area contributed by atoms with Crippen molar-refractivity contribution in [2.24, 2.45) is 5.73 Å². The Morgan fingerprint density at radius 3 is 2.71 bits per heavy atom. The smallest absolute Gasteiger partial charge is 0.187 e. The number of hydrogen-bond acceptors (Lipinski definition) is 5. The lowest BCUT2D eigenvalue weighted by Crippen LogP contribution is -1.95. The summed E-state index contributed by atoms with van der Waals surface area (Å²) in [4.78, 5) is 8.56. The molecule has 2 rings (SSSR count). The number of nitrogens with zero attached hydrogens (tertiary/aromatic N) is 2. The van der Waals surface area contributed by atoms with Crippen LogP contribution in [0.25, 0.3) is 0 Å². The molecule has 2 N–H and O–H groups in total. The molecule has 0 unspecified atom stereocenters. The van der Waals surface area contributed by atoms with Crippen LogP contribution in [0.1, 0.15) is 16.7 Å². The van der Waals surface area contributed by atoms with Crippen molar-refractivity contribution in [1.29, 1.82) is 0 Å². The van der Waals surface area contributed by atoms with Crippen LogP contribution in [-0.2, 0) is 5.75 Å². The van der Waals surface area contributed by atoms with Gasteiger partial charge in [-0.15, -0.1) is 0 Å². The van der Waals surface area contributed by atoms with Gasteiger partial charge in [-0.05, 0) is 30.2 Å². The van der Waals surface area contributed by atoms with Crippen molar-refractivity contribution in [2.45, 2.75) is 17.8 Å². The molecule has 2 aromatic rings. The van der Waals surface area contributed by atoms with E-state index >= 15 is 0 Å². The molecule has 0 fully saturated rings. The Kier molecular flexibility index (Phi) is 5.61. The van der Waals surface area contributed by atoms with Crippen LogP contribution in [0.4, 0.5) is 0 Å². The van der Waals surface area contributed by atoms with Gasteiger partial charge in [-0.2, -0.15) is 0 Å². The van der Waals surface area contributed by atoms with Crippen LogP contribution in [0, 0.1) is 18.8 Å². The minimum atomic E-state index is 0.333. The van der Waals surface area contributed by atoms with Crippen LogP contribution in [0.2, 0.25) is 0 Å². The number of aryl methyl sites for hydroxylation is 1. The number of rotatable bonds is 4. The second kappa shape index (κ2) is 7.67. The highest BCUT2D eigenvalue weighted by atomic mass is 32.2.